The van der Waals surface area contributed by atoms with E-state index in [0.717, 1.165) is 25.2 Å². The fraction of sp³-hybridized carbons (Fsp3) is 0.588. The second-order valence-electron chi connectivity index (χ2n) is 6.20. The van der Waals surface area contributed by atoms with Crippen molar-refractivity contribution in [1.82, 2.24) is 5.32 Å². The van der Waals surface area contributed by atoms with Gasteiger partial charge in [0.15, 0.2) is 0 Å². The second-order valence-corrected chi connectivity index (χ2v) is 6.20. The van der Waals surface area contributed by atoms with Crippen LogP contribution in [0.5, 0.6) is 0 Å². The zero-order valence-electron chi connectivity index (χ0n) is 13.7. The van der Waals surface area contributed by atoms with Crippen molar-refractivity contribution in [3.05, 3.63) is 23.8 Å². The van der Waals surface area contributed by atoms with Gasteiger partial charge in [-0.1, -0.05) is 13.0 Å². The fourth-order valence-electron chi connectivity index (χ4n) is 2.96. The molecular formula is C17H27N3O2. The lowest BCUT2D eigenvalue weighted by molar-refractivity contribution is 0.163. The van der Waals surface area contributed by atoms with Crippen molar-refractivity contribution < 1.29 is 9.90 Å². The van der Waals surface area contributed by atoms with Crippen LogP contribution in [-0.2, 0) is 6.42 Å². The first kappa shape index (κ1) is 16.6. The Balaban J connectivity index is 1.87. The minimum absolute atomic E-state index is 0.196. The van der Waals surface area contributed by atoms with Crippen LogP contribution in [0.25, 0.3) is 0 Å². The van der Waals surface area contributed by atoms with Crippen molar-refractivity contribution in [2.75, 3.05) is 29.9 Å². The molecule has 3 N–H and O–H groups in total. The minimum atomic E-state index is -0.336. The molecule has 22 heavy (non-hydrogen) atoms. The Hall–Kier alpha value is -1.75. The number of hydrogen-bond donors (Lipinski definition) is 3. The smallest absolute Gasteiger partial charge is 0.319 e. The van der Waals surface area contributed by atoms with Gasteiger partial charge < -0.3 is 20.6 Å². The number of likely N-dealkylation sites (N-methyl/N-ethyl adjacent to an activating group) is 1. The van der Waals surface area contributed by atoms with E-state index >= 15 is 0 Å². The van der Waals surface area contributed by atoms with E-state index in [4.69, 9.17) is 0 Å². The Bertz CT molecular complexity index is 517. The number of aliphatic hydroxyl groups excluding tert-OH is 1. The summed E-state index contributed by atoms with van der Waals surface area (Å²) in [4.78, 5) is 14.3. The van der Waals surface area contributed by atoms with Gasteiger partial charge >= 0.3 is 6.03 Å². The molecule has 0 saturated heterocycles. The molecule has 122 valence electrons. The Morgan fingerprint density at radius 3 is 2.86 bits per heavy atom. The van der Waals surface area contributed by atoms with E-state index in [9.17, 15) is 9.90 Å². The zero-order chi connectivity index (χ0) is 16.1. The van der Waals surface area contributed by atoms with E-state index in [1.54, 1.807) is 6.92 Å². The number of fused-ring (bicyclic) bond motifs is 1. The maximum absolute atomic E-state index is 12.0. The molecule has 1 aromatic carbocycles. The lowest BCUT2D eigenvalue weighted by Crippen LogP contribution is -2.33. The topological polar surface area (TPSA) is 64.6 Å². The molecule has 1 heterocycles. The highest BCUT2D eigenvalue weighted by molar-refractivity contribution is 5.90. The SMILES string of the molecule is CCN1CCc2ccc(NC(=O)NC[C@@H](C)C[C@H](C)O)cc21. The van der Waals surface area contributed by atoms with Gasteiger partial charge in [0.1, 0.15) is 0 Å². The average Bonchev–Trinajstić information content (AvgIpc) is 2.86. The molecular weight excluding hydrogens is 278 g/mol. The number of amides is 2. The Morgan fingerprint density at radius 2 is 2.18 bits per heavy atom. The molecule has 5 nitrogen and oxygen atoms in total. The molecule has 1 aliphatic heterocycles. The average molecular weight is 305 g/mol. The first-order valence-corrected chi connectivity index (χ1v) is 8.10. The number of nitrogens with one attached hydrogen (secondary N) is 2. The minimum Gasteiger partial charge on any atom is -0.393 e. The maximum Gasteiger partial charge on any atom is 0.319 e. The standard InChI is InChI=1S/C17H27N3O2/c1-4-20-8-7-14-5-6-15(10-16(14)20)19-17(22)18-11-12(2)9-13(3)21/h5-6,10,12-13,21H,4,7-9,11H2,1-3H3,(H2,18,19,22)/t12-,13-/m0/s1. The van der Waals surface area contributed by atoms with E-state index in [-0.39, 0.29) is 18.1 Å². The predicted octanol–water partition coefficient (Wildman–Crippen LogP) is 2.60. The van der Waals surface area contributed by atoms with Crippen molar-refractivity contribution in [3.8, 4) is 0 Å². The first-order valence-electron chi connectivity index (χ1n) is 8.10. The van der Waals surface area contributed by atoms with Gasteiger partial charge in [-0.2, -0.15) is 0 Å². The molecule has 1 aliphatic rings. The highest BCUT2D eigenvalue weighted by atomic mass is 16.3. The number of nitrogens with zero attached hydrogens (tertiary/aromatic N) is 1. The number of rotatable bonds is 6. The number of urea groups is 1. The summed E-state index contributed by atoms with van der Waals surface area (Å²) in [5, 5.41) is 15.1. The van der Waals surface area contributed by atoms with Crippen molar-refractivity contribution in [3.63, 3.8) is 0 Å². The monoisotopic (exact) mass is 305 g/mol. The molecule has 2 amide bonds. The van der Waals surface area contributed by atoms with Gasteiger partial charge in [0.05, 0.1) is 6.10 Å². The van der Waals surface area contributed by atoms with Crippen LogP contribution < -0.4 is 15.5 Å². The van der Waals surface area contributed by atoms with Gasteiger partial charge in [-0.25, -0.2) is 4.79 Å². The lowest BCUT2D eigenvalue weighted by Gasteiger charge is -2.18. The van der Waals surface area contributed by atoms with Crippen molar-refractivity contribution >= 4 is 17.4 Å². The summed E-state index contributed by atoms with van der Waals surface area (Å²) in [5.74, 6) is 0.251. The molecule has 0 spiro atoms. The Kier molecular flexibility index (Phi) is 5.66. The van der Waals surface area contributed by atoms with Crippen molar-refractivity contribution in [1.29, 1.82) is 0 Å². The normalized spacial score (nSPS) is 16.1. The highest BCUT2D eigenvalue weighted by Crippen LogP contribution is 2.30. The van der Waals surface area contributed by atoms with Crippen LogP contribution in [0, 0.1) is 5.92 Å². The molecule has 0 bridgehead atoms. The van der Waals surface area contributed by atoms with Crippen LogP contribution in [0.1, 0.15) is 32.8 Å². The van der Waals surface area contributed by atoms with Crippen molar-refractivity contribution in [2.45, 2.75) is 39.7 Å². The van der Waals surface area contributed by atoms with Gasteiger partial charge in [-0.3, -0.25) is 0 Å². The molecule has 0 radical (unpaired) electrons. The molecule has 0 aliphatic carbocycles. The van der Waals surface area contributed by atoms with E-state index in [0.29, 0.717) is 13.0 Å². The van der Waals surface area contributed by atoms with Crippen LogP contribution in [0.3, 0.4) is 0 Å². The van der Waals surface area contributed by atoms with Gasteiger partial charge in [-0.15, -0.1) is 0 Å². The summed E-state index contributed by atoms with van der Waals surface area (Å²) in [7, 11) is 0. The van der Waals surface area contributed by atoms with Crippen molar-refractivity contribution in [2.24, 2.45) is 5.92 Å². The zero-order valence-corrected chi connectivity index (χ0v) is 13.7. The summed E-state index contributed by atoms with van der Waals surface area (Å²) < 4.78 is 0. The molecule has 2 rings (SSSR count). The quantitative estimate of drug-likeness (QED) is 0.757. The summed E-state index contributed by atoms with van der Waals surface area (Å²) in [6.07, 6.45) is 1.42. The number of carbonyl (C=O) groups excluding carboxylic acids is 1. The largest absolute Gasteiger partial charge is 0.393 e. The summed E-state index contributed by atoms with van der Waals surface area (Å²) in [6, 6.07) is 5.90. The first-order chi connectivity index (χ1) is 10.5. The Labute approximate surface area is 132 Å². The molecule has 2 atom stereocenters. The number of aliphatic hydroxyl groups is 1. The molecule has 0 aromatic heterocycles. The summed E-state index contributed by atoms with van der Waals surface area (Å²) >= 11 is 0. The number of carbonyl (C=O) groups is 1. The van der Waals surface area contributed by atoms with E-state index in [1.165, 1.54) is 11.3 Å². The third-order valence-electron chi connectivity index (χ3n) is 4.07. The van der Waals surface area contributed by atoms with Crippen LogP contribution in [-0.4, -0.2) is 36.9 Å². The van der Waals surface area contributed by atoms with E-state index in [2.05, 4.69) is 28.5 Å². The number of benzene rings is 1. The van der Waals surface area contributed by atoms with Crippen LogP contribution in [0.4, 0.5) is 16.2 Å². The fourth-order valence-corrected chi connectivity index (χ4v) is 2.96. The van der Waals surface area contributed by atoms with Gasteiger partial charge in [0.25, 0.3) is 0 Å². The van der Waals surface area contributed by atoms with E-state index in [1.807, 2.05) is 19.1 Å². The van der Waals surface area contributed by atoms with Gasteiger partial charge in [0.2, 0.25) is 0 Å². The molecule has 5 heteroatoms. The van der Waals surface area contributed by atoms with Crippen LogP contribution >= 0.6 is 0 Å². The Morgan fingerprint density at radius 1 is 1.41 bits per heavy atom. The highest BCUT2D eigenvalue weighted by Gasteiger charge is 2.18. The maximum atomic E-state index is 12.0. The molecule has 1 aromatic rings. The third kappa shape index (κ3) is 4.37. The summed E-state index contributed by atoms with van der Waals surface area (Å²) in [6.45, 7) is 8.52. The van der Waals surface area contributed by atoms with Gasteiger partial charge in [-0.05, 0) is 50.3 Å². The molecule has 0 fully saturated rings. The van der Waals surface area contributed by atoms with Crippen LogP contribution in [0.2, 0.25) is 0 Å². The summed E-state index contributed by atoms with van der Waals surface area (Å²) in [5.41, 5.74) is 3.39. The molecule has 0 unspecified atom stereocenters. The lowest BCUT2D eigenvalue weighted by atomic mass is 10.1. The second kappa shape index (κ2) is 7.49. The molecule has 0 saturated carbocycles. The number of anilines is 2. The van der Waals surface area contributed by atoms with Crippen LogP contribution in [0.15, 0.2) is 18.2 Å². The number of hydrogen-bond acceptors (Lipinski definition) is 3. The van der Waals surface area contributed by atoms with Gasteiger partial charge in [0, 0.05) is 31.0 Å². The van der Waals surface area contributed by atoms with E-state index < -0.39 is 0 Å². The predicted molar refractivity (Wildman–Crippen MR) is 90.5 cm³/mol. The third-order valence-corrected chi connectivity index (χ3v) is 4.07.